The molecule has 1 atom stereocenters. The van der Waals surface area contributed by atoms with Crippen molar-refractivity contribution in [3.05, 3.63) is 56.7 Å². The Balaban J connectivity index is 2.21. The number of anilines is 1. The van der Waals surface area contributed by atoms with Crippen molar-refractivity contribution >= 4 is 37.5 Å². The predicted molar refractivity (Wildman–Crippen MR) is 87.5 cm³/mol. The third kappa shape index (κ3) is 3.80. The molecule has 1 N–H and O–H groups in total. The molecule has 2 nitrogen and oxygen atoms in total. The molecule has 2 rings (SSSR count). The number of nitrogens with one attached hydrogen (secondary N) is 1. The van der Waals surface area contributed by atoms with Gasteiger partial charge in [0.2, 0.25) is 0 Å². The van der Waals surface area contributed by atoms with Gasteiger partial charge in [-0.2, -0.15) is 0 Å². The van der Waals surface area contributed by atoms with Crippen LogP contribution in [0.3, 0.4) is 0 Å². The van der Waals surface area contributed by atoms with E-state index in [1.54, 1.807) is 0 Å². The van der Waals surface area contributed by atoms with Gasteiger partial charge >= 0.3 is 0 Å². The van der Waals surface area contributed by atoms with E-state index in [0.29, 0.717) is 6.04 Å². The molecule has 1 heterocycles. The second-order valence-corrected chi connectivity index (χ2v) is 6.15. The monoisotopic (exact) mass is 382 g/mol. The molecule has 0 bridgehead atoms. The third-order valence-electron chi connectivity index (χ3n) is 3.06. The van der Waals surface area contributed by atoms with E-state index < -0.39 is 0 Å². The molecular weight excluding hydrogens is 368 g/mol. The van der Waals surface area contributed by atoms with Gasteiger partial charge in [-0.25, -0.2) is 4.98 Å². The van der Waals surface area contributed by atoms with Crippen LogP contribution in [0.1, 0.15) is 30.6 Å². The summed E-state index contributed by atoms with van der Waals surface area (Å²) >= 11 is 6.86. The number of rotatable bonds is 4. The maximum absolute atomic E-state index is 4.42. The fraction of sp³-hybridized carbons (Fsp3) is 0.267. The Morgan fingerprint density at radius 1 is 1.11 bits per heavy atom. The number of aromatic nitrogens is 1. The lowest BCUT2D eigenvalue weighted by molar-refractivity contribution is 0.747. The molecule has 1 aromatic carbocycles. The number of benzene rings is 1. The number of pyridine rings is 1. The first-order chi connectivity index (χ1) is 9.10. The van der Waals surface area contributed by atoms with Crippen molar-refractivity contribution in [2.24, 2.45) is 0 Å². The van der Waals surface area contributed by atoms with Gasteiger partial charge in [-0.1, -0.05) is 35.0 Å². The van der Waals surface area contributed by atoms with E-state index in [4.69, 9.17) is 0 Å². The smallest absolute Gasteiger partial charge is 0.106 e. The van der Waals surface area contributed by atoms with Crippen molar-refractivity contribution in [1.82, 2.24) is 4.98 Å². The van der Waals surface area contributed by atoms with E-state index in [-0.39, 0.29) is 0 Å². The summed E-state index contributed by atoms with van der Waals surface area (Å²) in [7, 11) is 0. The molecule has 0 amide bonds. The van der Waals surface area contributed by atoms with Crippen LogP contribution in [-0.4, -0.2) is 4.98 Å². The fourth-order valence-corrected chi connectivity index (χ4v) is 2.65. The van der Waals surface area contributed by atoms with Gasteiger partial charge in [0.15, 0.2) is 0 Å². The standard InChI is InChI=1S/C15H16Br2N2/c1-3-13(11-4-6-12(16)7-5-11)19-14-8-9-15(17)18-10(14)2/h4-9,13,19H,3H2,1-2H3. The average molecular weight is 384 g/mol. The number of nitrogens with zero attached hydrogens (tertiary/aromatic N) is 1. The van der Waals surface area contributed by atoms with Crippen LogP contribution in [0.25, 0.3) is 0 Å². The summed E-state index contributed by atoms with van der Waals surface area (Å²) in [5, 5.41) is 3.56. The summed E-state index contributed by atoms with van der Waals surface area (Å²) in [6.45, 7) is 4.20. The van der Waals surface area contributed by atoms with Crippen LogP contribution >= 0.6 is 31.9 Å². The number of halogens is 2. The summed E-state index contributed by atoms with van der Waals surface area (Å²) in [5.74, 6) is 0. The van der Waals surface area contributed by atoms with Crippen molar-refractivity contribution in [3.63, 3.8) is 0 Å². The van der Waals surface area contributed by atoms with Gasteiger partial charge in [0, 0.05) is 4.47 Å². The molecule has 2 aromatic rings. The summed E-state index contributed by atoms with van der Waals surface area (Å²) in [4.78, 5) is 4.42. The molecule has 0 aliphatic rings. The second kappa shape index (κ2) is 6.53. The summed E-state index contributed by atoms with van der Waals surface area (Å²) < 4.78 is 1.97. The van der Waals surface area contributed by atoms with E-state index in [0.717, 1.165) is 26.9 Å². The molecule has 0 saturated carbocycles. The SMILES string of the molecule is CCC(Nc1ccc(Br)nc1C)c1ccc(Br)cc1. The van der Waals surface area contributed by atoms with Crippen LogP contribution in [0.4, 0.5) is 5.69 Å². The molecule has 0 saturated heterocycles. The molecule has 19 heavy (non-hydrogen) atoms. The Morgan fingerprint density at radius 2 is 1.79 bits per heavy atom. The van der Waals surface area contributed by atoms with Gasteiger partial charge in [0.25, 0.3) is 0 Å². The molecule has 0 spiro atoms. The van der Waals surface area contributed by atoms with Crippen LogP contribution in [0, 0.1) is 6.92 Å². The van der Waals surface area contributed by atoms with Gasteiger partial charge < -0.3 is 5.32 Å². The Bertz CT molecular complexity index is 553. The lowest BCUT2D eigenvalue weighted by atomic mass is 10.0. The molecule has 0 aliphatic heterocycles. The molecule has 1 aromatic heterocycles. The second-order valence-electron chi connectivity index (χ2n) is 4.42. The summed E-state index contributed by atoms with van der Waals surface area (Å²) in [6.07, 6.45) is 1.02. The maximum Gasteiger partial charge on any atom is 0.106 e. The molecule has 0 aliphatic carbocycles. The minimum Gasteiger partial charge on any atom is -0.377 e. The minimum absolute atomic E-state index is 0.301. The molecule has 0 radical (unpaired) electrons. The number of hydrogen-bond acceptors (Lipinski definition) is 2. The highest BCUT2D eigenvalue weighted by atomic mass is 79.9. The highest BCUT2D eigenvalue weighted by Gasteiger charge is 2.10. The minimum atomic E-state index is 0.301. The summed E-state index contributed by atoms with van der Waals surface area (Å²) in [5.41, 5.74) is 3.37. The van der Waals surface area contributed by atoms with E-state index >= 15 is 0 Å². The van der Waals surface area contributed by atoms with Gasteiger partial charge in [0.1, 0.15) is 4.60 Å². The van der Waals surface area contributed by atoms with Crippen LogP contribution in [0.2, 0.25) is 0 Å². The zero-order valence-electron chi connectivity index (χ0n) is 11.0. The van der Waals surface area contributed by atoms with Crippen molar-refractivity contribution < 1.29 is 0 Å². The number of aryl methyl sites for hydroxylation is 1. The van der Waals surface area contributed by atoms with Gasteiger partial charge in [-0.05, 0) is 59.1 Å². The Hall–Kier alpha value is -0.870. The van der Waals surface area contributed by atoms with E-state index in [1.165, 1.54) is 5.56 Å². The molecular formula is C15H16Br2N2. The molecule has 1 unspecified atom stereocenters. The largest absolute Gasteiger partial charge is 0.377 e. The van der Waals surface area contributed by atoms with Crippen LogP contribution in [0.5, 0.6) is 0 Å². The van der Waals surface area contributed by atoms with Crippen molar-refractivity contribution in [1.29, 1.82) is 0 Å². The summed E-state index contributed by atoms with van der Waals surface area (Å²) in [6, 6.07) is 12.8. The first kappa shape index (κ1) is 14.5. The van der Waals surface area contributed by atoms with Gasteiger partial charge in [-0.15, -0.1) is 0 Å². The van der Waals surface area contributed by atoms with Crippen molar-refractivity contribution in [3.8, 4) is 0 Å². The zero-order chi connectivity index (χ0) is 13.8. The Labute approximate surface area is 130 Å². The van der Waals surface area contributed by atoms with Crippen molar-refractivity contribution in [2.75, 3.05) is 5.32 Å². The normalized spacial score (nSPS) is 12.2. The molecule has 4 heteroatoms. The van der Waals surface area contributed by atoms with E-state index in [2.05, 4.69) is 79.4 Å². The van der Waals surface area contributed by atoms with Crippen LogP contribution in [0.15, 0.2) is 45.5 Å². The Morgan fingerprint density at radius 3 is 2.37 bits per heavy atom. The topological polar surface area (TPSA) is 24.9 Å². The van der Waals surface area contributed by atoms with Crippen LogP contribution in [-0.2, 0) is 0 Å². The van der Waals surface area contributed by atoms with Gasteiger partial charge in [-0.3, -0.25) is 0 Å². The predicted octanol–water partition coefficient (Wildman–Crippen LogP) is 5.48. The first-order valence-corrected chi connectivity index (χ1v) is 7.84. The van der Waals surface area contributed by atoms with Crippen LogP contribution < -0.4 is 5.32 Å². The Kier molecular flexibility index (Phi) is 4.99. The lowest BCUT2D eigenvalue weighted by Crippen LogP contribution is -2.11. The lowest BCUT2D eigenvalue weighted by Gasteiger charge is -2.20. The van der Waals surface area contributed by atoms with Crippen molar-refractivity contribution in [2.45, 2.75) is 26.3 Å². The highest BCUT2D eigenvalue weighted by Crippen LogP contribution is 2.26. The molecule has 100 valence electrons. The average Bonchev–Trinajstić information content (AvgIpc) is 2.39. The van der Waals surface area contributed by atoms with E-state index in [1.807, 2.05) is 13.0 Å². The zero-order valence-corrected chi connectivity index (χ0v) is 14.1. The maximum atomic E-state index is 4.42. The highest BCUT2D eigenvalue weighted by molar-refractivity contribution is 9.10. The quantitative estimate of drug-likeness (QED) is 0.707. The first-order valence-electron chi connectivity index (χ1n) is 6.25. The third-order valence-corrected chi connectivity index (χ3v) is 4.03. The molecule has 0 fully saturated rings. The number of hydrogen-bond donors (Lipinski definition) is 1. The fourth-order valence-electron chi connectivity index (χ4n) is 1.99. The van der Waals surface area contributed by atoms with Gasteiger partial charge in [0.05, 0.1) is 17.4 Å². The van der Waals surface area contributed by atoms with E-state index in [9.17, 15) is 0 Å².